The lowest BCUT2D eigenvalue weighted by Gasteiger charge is -2.22. The molecule has 0 amide bonds. The first-order valence-electron chi connectivity index (χ1n) is 6.51. The smallest absolute Gasteiger partial charge is 0.243 e. The van der Waals surface area contributed by atoms with Crippen molar-refractivity contribution in [1.29, 1.82) is 0 Å². The fourth-order valence-electron chi connectivity index (χ4n) is 2.16. The van der Waals surface area contributed by atoms with Crippen LogP contribution in [0.15, 0.2) is 35.7 Å². The van der Waals surface area contributed by atoms with Crippen LogP contribution in [0.25, 0.3) is 0 Å². The summed E-state index contributed by atoms with van der Waals surface area (Å²) in [7, 11) is -3.48. The summed E-state index contributed by atoms with van der Waals surface area (Å²) in [5, 5.41) is 0. The number of hydrogen-bond donors (Lipinski definition) is 1. The number of sulfonamides is 1. The highest BCUT2D eigenvalue weighted by Gasteiger charge is 2.38. The molecule has 0 bridgehead atoms. The minimum absolute atomic E-state index is 0.120. The van der Waals surface area contributed by atoms with Gasteiger partial charge in [0.2, 0.25) is 10.0 Å². The van der Waals surface area contributed by atoms with Crippen molar-refractivity contribution in [2.75, 3.05) is 12.3 Å². The number of nitrogens with two attached hydrogens (primary N) is 1. The number of nitrogens with zero attached hydrogens (tertiary/aromatic N) is 1. The molecule has 0 saturated heterocycles. The van der Waals surface area contributed by atoms with Crippen molar-refractivity contribution < 1.29 is 8.42 Å². The van der Waals surface area contributed by atoms with Gasteiger partial charge in [0, 0.05) is 18.3 Å². The van der Waals surface area contributed by atoms with Crippen LogP contribution in [0.3, 0.4) is 0 Å². The molecule has 5 heteroatoms. The highest BCUT2D eigenvalue weighted by Crippen LogP contribution is 2.33. The van der Waals surface area contributed by atoms with Crippen molar-refractivity contribution in [2.45, 2.75) is 37.1 Å². The van der Waals surface area contributed by atoms with E-state index < -0.39 is 10.0 Å². The lowest BCUT2D eigenvalue weighted by atomic mass is 10.1. The molecule has 1 aliphatic carbocycles. The number of aryl methyl sites for hydroxylation is 1. The van der Waals surface area contributed by atoms with Crippen LogP contribution in [0.5, 0.6) is 0 Å². The monoisotopic (exact) mass is 280 g/mol. The van der Waals surface area contributed by atoms with Crippen LogP contribution in [-0.2, 0) is 16.4 Å². The molecule has 0 atom stereocenters. The van der Waals surface area contributed by atoms with Gasteiger partial charge in [-0.25, -0.2) is 8.42 Å². The normalized spacial score (nSPS) is 15.7. The van der Waals surface area contributed by atoms with Crippen molar-refractivity contribution >= 4 is 15.7 Å². The zero-order chi connectivity index (χ0) is 14.0. The Balaban J connectivity index is 2.47. The summed E-state index contributed by atoms with van der Waals surface area (Å²) in [6.07, 6.45) is 4.16. The summed E-state index contributed by atoms with van der Waals surface area (Å²) in [4.78, 5) is 0.337. The quantitative estimate of drug-likeness (QED) is 0.641. The molecule has 19 heavy (non-hydrogen) atoms. The van der Waals surface area contributed by atoms with Crippen molar-refractivity contribution in [2.24, 2.45) is 0 Å². The predicted octanol–water partition coefficient (Wildman–Crippen LogP) is 2.17. The molecule has 0 heterocycles. The van der Waals surface area contributed by atoms with Crippen LogP contribution in [-0.4, -0.2) is 25.3 Å². The highest BCUT2D eigenvalue weighted by atomic mass is 32.2. The Hall–Kier alpha value is -1.33. The Morgan fingerprint density at radius 1 is 1.47 bits per heavy atom. The van der Waals surface area contributed by atoms with E-state index in [-0.39, 0.29) is 6.04 Å². The molecule has 1 saturated carbocycles. The summed E-state index contributed by atoms with van der Waals surface area (Å²) < 4.78 is 27.1. The van der Waals surface area contributed by atoms with E-state index in [4.69, 9.17) is 5.73 Å². The summed E-state index contributed by atoms with van der Waals surface area (Å²) >= 11 is 0. The molecular formula is C14H20N2O2S. The molecular weight excluding hydrogens is 260 g/mol. The van der Waals surface area contributed by atoms with E-state index >= 15 is 0 Å². The maximum atomic E-state index is 12.8. The Labute approximate surface area is 115 Å². The Kier molecular flexibility index (Phi) is 3.96. The SMILES string of the molecule is C=CCN(C1CC1)S(=O)(=O)c1cc(N)ccc1CC. The third-order valence-electron chi connectivity index (χ3n) is 3.32. The van der Waals surface area contributed by atoms with Gasteiger partial charge in [-0.05, 0) is 37.0 Å². The van der Waals surface area contributed by atoms with Gasteiger partial charge in [0.05, 0.1) is 4.90 Å². The van der Waals surface area contributed by atoms with Crippen LogP contribution < -0.4 is 5.73 Å². The van der Waals surface area contributed by atoms with Gasteiger partial charge in [-0.1, -0.05) is 19.1 Å². The number of hydrogen-bond acceptors (Lipinski definition) is 3. The van der Waals surface area contributed by atoms with Gasteiger partial charge in [-0.2, -0.15) is 4.31 Å². The van der Waals surface area contributed by atoms with Crippen molar-refractivity contribution in [3.8, 4) is 0 Å². The van der Waals surface area contributed by atoms with Gasteiger partial charge >= 0.3 is 0 Å². The van der Waals surface area contributed by atoms with Gasteiger partial charge in [0.25, 0.3) is 0 Å². The van der Waals surface area contributed by atoms with Crippen LogP contribution in [0.4, 0.5) is 5.69 Å². The van der Waals surface area contributed by atoms with Gasteiger partial charge in [-0.15, -0.1) is 6.58 Å². The largest absolute Gasteiger partial charge is 0.399 e. The molecule has 0 radical (unpaired) electrons. The van der Waals surface area contributed by atoms with Crippen molar-refractivity contribution in [3.63, 3.8) is 0 Å². The summed E-state index contributed by atoms with van der Waals surface area (Å²) in [6.45, 7) is 5.94. The van der Waals surface area contributed by atoms with E-state index in [1.165, 1.54) is 4.31 Å². The minimum Gasteiger partial charge on any atom is -0.399 e. The third-order valence-corrected chi connectivity index (χ3v) is 5.32. The molecule has 1 aliphatic rings. The summed E-state index contributed by atoms with van der Waals surface area (Å²) in [5.41, 5.74) is 7.03. The average Bonchev–Trinajstić information content (AvgIpc) is 3.20. The first-order chi connectivity index (χ1) is 9.00. The molecule has 1 aromatic rings. The fraction of sp³-hybridized carbons (Fsp3) is 0.429. The Morgan fingerprint density at radius 2 is 2.16 bits per heavy atom. The number of nitrogen functional groups attached to an aromatic ring is 1. The Bertz CT molecular complexity index is 577. The summed E-state index contributed by atoms with van der Waals surface area (Å²) in [5.74, 6) is 0. The maximum absolute atomic E-state index is 12.8. The average molecular weight is 280 g/mol. The third kappa shape index (κ3) is 2.82. The molecule has 2 N–H and O–H groups in total. The number of anilines is 1. The second kappa shape index (κ2) is 5.35. The molecule has 104 valence electrons. The Morgan fingerprint density at radius 3 is 2.68 bits per heavy atom. The van der Waals surface area contributed by atoms with Crippen LogP contribution in [0.2, 0.25) is 0 Å². The summed E-state index contributed by atoms with van der Waals surface area (Å²) in [6, 6.07) is 5.22. The number of benzene rings is 1. The first-order valence-corrected chi connectivity index (χ1v) is 7.95. The van der Waals surface area contributed by atoms with E-state index in [1.807, 2.05) is 6.92 Å². The molecule has 4 nitrogen and oxygen atoms in total. The van der Waals surface area contributed by atoms with Crippen LogP contribution >= 0.6 is 0 Å². The van der Waals surface area contributed by atoms with E-state index in [0.29, 0.717) is 23.5 Å². The second-order valence-electron chi connectivity index (χ2n) is 4.82. The van der Waals surface area contributed by atoms with Crippen molar-refractivity contribution in [1.82, 2.24) is 4.31 Å². The lowest BCUT2D eigenvalue weighted by Crippen LogP contribution is -2.33. The van der Waals surface area contributed by atoms with Gasteiger partial charge in [0.15, 0.2) is 0 Å². The molecule has 0 aromatic heterocycles. The van der Waals surface area contributed by atoms with Crippen LogP contribution in [0, 0.1) is 0 Å². The van der Waals surface area contributed by atoms with E-state index in [9.17, 15) is 8.42 Å². The van der Waals surface area contributed by atoms with Gasteiger partial charge < -0.3 is 5.73 Å². The van der Waals surface area contributed by atoms with Gasteiger partial charge in [0.1, 0.15) is 0 Å². The standard InChI is InChI=1S/C14H20N2O2S/c1-3-9-16(13-7-8-13)19(17,18)14-10-12(15)6-5-11(14)4-2/h3,5-6,10,13H,1,4,7-9,15H2,2H3. The fourth-order valence-corrected chi connectivity index (χ4v) is 4.15. The van der Waals surface area contributed by atoms with E-state index in [2.05, 4.69) is 6.58 Å². The molecule has 0 unspecified atom stereocenters. The highest BCUT2D eigenvalue weighted by molar-refractivity contribution is 7.89. The lowest BCUT2D eigenvalue weighted by molar-refractivity contribution is 0.435. The molecule has 1 fully saturated rings. The minimum atomic E-state index is -3.48. The molecule has 0 aliphatic heterocycles. The first kappa shape index (κ1) is 14.1. The molecule has 1 aromatic carbocycles. The molecule has 0 spiro atoms. The maximum Gasteiger partial charge on any atom is 0.243 e. The van der Waals surface area contributed by atoms with Gasteiger partial charge in [-0.3, -0.25) is 0 Å². The second-order valence-corrected chi connectivity index (χ2v) is 6.67. The van der Waals surface area contributed by atoms with E-state index in [0.717, 1.165) is 18.4 Å². The van der Waals surface area contributed by atoms with Crippen molar-refractivity contribution in [3.05, 3.63) is 36.4 Å². The molecule has 2 rings (SSSR count). The zero-order valence-electron chi connectivity index (χ0n) is 11.2. The predicted molar refractivity (Wildman–Crippen MR) is 77.3 cm³/mol. The number of rotatable bonds is 6. The van der Waals surface area contributed by atoms with Crippen LogP contribution in [0.1, 0.15) is 25.3 Å². The van der Waals surface area contributed by atoms with E-state index in [1.54, 1.807) is 24.3 Å². The topological polar surface area (TPSA) is 63.4 Å². The zero-order valence-corrected chi connectivity index (χ0v) is 12.0.